The highest BCUT2D eigenvalue weighted by Gasteiger charge is 2.64. The topological polar surface area (TPSA) is 46.6 Å². The summed E-state index contributed by atoms with van der Waals surface area (Å²) in [6.45, 7) is 17.9. The van der Waals surface area contributed by atoms with E-state index in [0.717, 1.165) is 0 Å². The van der Waals surface area contributed by atoms with E-state index in [1.807, 2.05) is 74.5 Å². The molecule has 2 amide bonds. The fourth-order valence-electron chi connectivity index (χ4n) is 2.80. The van der Waals surface area contributed by atoms with Gasteiger partial charge in [0.1, 0.15) is 0 Å². The normalized spacial score (nSPS) is 32.5. The van der Waals surface area contributed by atoms with Crippen molar-refractivity contribution in [2.75, 3.05) is 7.05 Å². The summed E-state index contributed by atoms with van der Waals surface area (Å²) in [5, 5.41) is 0. The zero-order chi connectivity index (χ0) is 18.1. The molecule has 130 valence electrons. The molecule has 0 spiro atoms. The predicted octanol–water partition coefficient (Wildman–Crippen LogP) is 4.05. The molecular weight excluding hydrogens is 278 g/mol. The maximum Gasteiger partial charge on any atom is 0.236 e. The smallest absolute Gasteiger partial charge is 0.236 e. The van der Waals surface area contributed by atoms with Gasteiger partial charge in [-0.05, 0) is 6.92 Å². The van der Waals surface area contributed by atoms with Crippen LogP contribution in [0.15, 0.2) is 12.2 Å². The van der Waals surface area contributed by atoms with Crippen LogP contribution in [0.4, 0.5) is 0 Å². The summed E-state index contributed by atoms with van der Waals surface area (Å²) >= 11 is 0. The van der Waals surface area contributed by atoms with Crippen molar-refractivity contribution >= 4 is 11.8 Å². The van der Waals surface area contributed by atoms with E-state index >= 15 is 0 Å². The largest absolute Gasteiger partial charge is 0.362 e. The number of amides is 2. The van der Waals surface area contributed by atoms with Crippen LogP contribution in [0.2, 0.25) is 0 Å². The van der Waals surface area contributed by atoms with Gasteiger partial charge >= 0.3 is 0 Å². The molecule has 3 aliphatic rings. The van der Waals surface area contributed by atoms with Crippen molar-refractivity contribution in [3.8, 4) is 0 Å². The molecule has 0 aromatic rings. The number of likely N-dealkylation sites (tertiary alicyclic amines) is 1. The van der Waals surface area contributed by atoms with Gasteiger partial charge in [0.05, 0.1) is 23.5 Å². The van der Waals surface area contributed by atoms with Crippen LogP contribution in [0.5, 0.6) is 0 Å². The Hall–Kier alpha value is -1.16. The Kier molecular flexibility index (Phi) is 11.1. The van der Waals surface area contributed by atoms with Gasteiger partial charge in [0.25, 0.3) is 0 Å². The summed E-state index contributed by atoms with van der Waals surface area (Å²) < 4.78 is 5.64. The van der Waals surface area contributed by atoms with Gasteiger partial charge in [0.2, 0.25) is 11.8 Å². The maximum absolute atomic E-state index is 11.8. The lowest BCUT2D eigenvalue weighted by molar-refractivity contribution is -0.142. The average Bonchev–Trinajstić information content (AvgIpc) is 3.20. The van der Waals surface area contributed by atoms with Gasteiger partial charge in [-0.1, -0.05) is 67.5 Å². The molecule has 4 atom stereocenters. The maximum atomic E-state index is 11.8. The number of carbonyl (C=O) groups is 2. The van der Waals surface area contributed by atoms with Gasteiger partial charge in [-0.15, -0.1) is 0 Å². The lowest BCUT2D eigenvalue weighted by atomic mass is 9.78. The van der Waals surface area contributed by atoms with E-state index in [-0.39, 0.29) is 29.8 Å². The van der Waals surface area contributed by atoms with Crippen LogP contribution in [-0.2, 0) is 14.3 Å². The first-order chi connectivity index (χ1) is 10.5. The molecule has 22 heavy (non-hydrogen) atoms. The number of nitrogens with zero attached hydrogens (tertiary/aromatic N) is 1. The number of imide groups is 1. The predicted molar refractivity (Wildman–Crippen MR) is 92.6 cm³/mol. The minimum absolute atomic E-state index is 0.0990. The van der Waals surface area contributed by atoms with Crippen LogP contribution >= 0.6 is 0 Å². The molecule has 3 heterocycles. The standard InChI is InChI=1S/C10H11NO3.4C2H6/c1-10-4-3-5(14-10)6-7(10)9(13)11(2)8(6)12;4*1-2/h3-7H,1-2H3;4*1-2H3. The molecule has 2 saturated heterocycles. The molecule has 0 aromatic heterocycles. The quantitative estimate of drug-likeness (QED) is 0.500. The summed E-state index contributed by atoms with van der Waals surface area (Å²) in [6, 6.07) is 0. The molecule has 2 fully saturated rings. The van der Waals surface area contributed by atoms with Crippen molar-refractivity contribution in [1.82, 2.24) is 4.90 Å². The molecule has 4 nitrogen and oxygen atoms in total. The van der Waals surface area contributed by atoms with Gasteiger partial charge in [-0.25, -0.2) is 0 Å². The Balaban J connectivity index is 0. The summed E-state index contributed by atoms with van der Waals surface area (Å²) in [5.41, 5.74) is -0.549. The summed E-state index contributed by atoms with van der Waals surface area (Å²) in [7, 11) is 1.55. The molecule has 0 N–H and O–H groups in total. The molecule has 0 saturated carbocycles. The molecule has 0 radical (unpaired) electrons. The van der Waals surface area contributed by atoms with E-state index in [9.17, 15) is 9.59 Å². The van der Waals surface area contributed by atoms with E-state index in [2.05, 4.69) is 0 Å². The summed E-state index contributed by atoms with van der Waals surface area (Å²) in [4.78, 5) is 24.7. The Morgan fingerprint density at radius 2 is 1.41 bits per heavy atom. The highest BCUT2D eigenvalue weighted by Crippen LogP contribution is 2.50. The average molecular weight is 313 g/mol. The molecule has 0 aliphatic carbocycles. The second-order valence-electron chi connectivity index (χ2n) is 4.36. The highest BCUT2D eigenvalue weighted by atomic mass is 16.5. The Morgan fingerprint density at radius 3 is 1.82 bits per heavy atom. The van der Waals surface area contributed by atoms with E-state index in [1.54, 1.807) is 7.05 Å². The van der Waals surface area contributed by atoms with Crippen molar-refractivity contribution in [2.24, 2.45) is 11.8 Å². The fraction of sp³-hybridized carbons (Fsp3) is 0.778. The first-order valence-corrected chi connectivity index (χ1v) is 8.73. The zero-order valence-corrected chi connectivity index (χ0v) is 16.1. The third-order valence-corrected chi connectivity index (χ3v) is 3.55. The highest BCUT2D eigenvalue weighted by molar-refractivity contribution is 6.06. The van der Waals surface area contributed by atoms with Crippen molar-refractivity contribution in [1.29, 1.82) is 0 Å². The van der Waals surface area contributed by atoms with Gasteiger partial charge in [0, 0.05) is 7.05 Å². The van der Waals surface area contributed by atoms with Crippen molar-refractivity contribution in [3.63, 3.8) is 0 Å². The fourth-order valence-corrected chi connectivity index (χ4v) is 2.80. The van der Waals surface area contributed by atoms with E-state index in [1.165, 1.54) is 4.90 Å². The van der Waals surface area contributed by atoms with Crippen molar-refractivity contribution in [2.45, 2.75) is 74.0 Å². The van der Waals surface area contributed by atoms with Gasteiger partial charge in [-0.2, -0.15) is 0 Å². The third-order valence-electron chi connectivity index (χ3n) is 3.55. The molecule has 3 rings (SSSR count). The summed E-state index contributed by atoms with van der Waals surface area (Å²) in [5.74, 6) is -0.773. The van der Waals surface area contributed by atoms with Gasteiger partial charge in [-0.3, -0.25) is 14.5 Å². The number of hydrogen-bond acceptors (Lipinski definition) is 3. The Morgan fingerprint density at radius 1 is 0.955 bits per heavy atom. The van der Waals surface area contributed by atoms with Crippen molar-refractivity contribution in [3.05, 3.63) is 12.2 Å². The van der Waals surface area contributed by atoms with Crippen molar-refractivity contribution < 1.29 is 14.3 Å². The van der Waals surface area contributed by atoms with Crippen LogP contribution in [0.1, 0.15) is 62.3 Å². The number of ether oxygens (including phenoxy) is 1. The lowest BCUT2D eigenvalue weighted by Gasteiger charge is -2.22. The molecule has 3 aliphatic heterocycles. The minimum atomic E-state index is -0.549. The first-order valence-electron chi connectivity index (χ1n) is 8.73. The lowest BCUT2D eigenvalue weighted by Crippen LogP contribution is -2.36. The Labute approximate surface area is 136 Å². The van der Waals surface area contributed by atoms with E-state index in [0.29, 0.717) is 0 Å². The number of rotatable bonds is 0. The van der Waals surface area contributed by atoms with Gasteiger partial charge < -0.3 is 4.74 Å². The molecule has 4 unspecified atom stereocenters. The van der Waals surface area contributed by atoms with E-state index in [4.69, 9.17) is 4.74 Å². The Bertz CT molecular complexity index is 379. The molecule has 0 aromatic carbocycles. The van der Waals surface area contributed by atoms with Crippen LogP contribution in [0.25, 0.3) is 0 Å². The second kappa shape index (κ2) is 10.5. The second-order valence-corrected chi connectivity index (χ2v) is 4.36. The van der Waals surface area contributed by atoms with Crippen LogP contribution in [0.3, 0.4) is 0 Å². The minimum Gasteiger partial charge on any atom is -0.362 e. The third kappa shape index (κ3) is 3.78. The van der Waals surface area contributed by atoms with E-state index < -0.39 is 5.60 Å². The first kappa shape index (κ1) is 23.1. The zero-order valence-electron chi connectivity index (χ0n) is 16.1. The summed E-state index contributed by atoms with van der Waals surface area (Å²) in [6.07, 6.45) is 3.61. The van der Waals surface area contributed by atoms with Gasteiger partial charge in [0.15, 0.2) is 0 Å². The molecule has 4 heteroatoms. The number of fused-ring (bicyclic) bond motifs is 5. The van der Waals surface area contributed by atoms with Crippen LogP contribution < -0.4 is 0 Å². The molecule has 2 bridgehead atoms. The molecular formula is C18H35NO3. The SMILES string of the molecule is CC.CC.CC.CC.CN1C(=O)C2C3C=CC(C)(O3)C2C1=O. The number of carbonyl (C=O) groups excluding carboxylic acids is 2. The van der Waals surface area contributed by atoms with Crippen LogP contribution in [0, 0.1) is 11.8 Å². The monoisotopic (exact) mass is 313 g/mol. The number of hydrogen-bond donors (Lipinski definition) is 0. The van der Waals surface area contributed by atoms with Crippen LogP contribution in [-0.4, -0.2) is 35.5 Å².